The van der Waals surface area contributed by atoms with Gasteiger partial charge in [0.15, 0.2) is 0 Å². The third-order valence-corrected chi connectivity index (χ3v) is 3.17. The van der Waals surface area contributed by atoms with Crippen molar-refractivity contribution in [3.05, 3.63) is 36.8 Å². The van der Waals surface area contributed by atoms with Crippen LogP contribution in [-0.4, -0.2) is 14.1 Å². The van der Waals surface area contributed by atoms with Crippen LogP contribution in [0.2, 0.25) is 0 Å². The predicted octanol–water partition coefficient (Wildman–Crippen LogP) is 4.47. The summed E-state index contributed by atoms with van der Waals surface area (Å²) < 4.78 is 0. The Balaban J connectivity index is 2.19. The number of anilines is 1. The average molecular weight is 232 g/mol. The summed E-state index contributed by atoms with van der Waals surface area (Å²) in [4.78, 5) is 2.14. The van der Waals surface area contributed by atoms with E-state index in [4.69, 9.17) is 0 Å². The smallest absolute Gasteiger partial charge is 0.0361 e. The third-order valence-electron chi connectivity index (χ3n) is 3.17. The molecular formula is C16H26N. The van der Waals surface area contributed by atoms with Crippen LogP contribution in [0.4, 0.5) is 5.69 Å². The molecule has 0 saturated carbocycles. The summed E-state index contributed by atoms with van der Waals surface area (Å²) in [7, 11) is 4.16. The van der Waals surface area contributed by atoms with Gasteiger partial charge in [0.1, 0.15) is 0 Å². The predicted molar refractivity (Wildman–Crippen MR) is 77.5 cm³/mol. The lowest BCUT2D eigenvalue weighted by Crippen LogP contribution is -2.08. The molecule has 1 aromatic rings. The fourth-order valence-corrected chi connectivity index (χ4v) is 2.00. The highest BCUT2D eigenvalue weighted by atomic mass is 15.1. The molecule has 0 atom stereocenters. The Morgan fingerprint density at radius 2 is 1.47 bits per heavy atom. The van der Waals surface area contributed by atoms with Gasteiger partial charge in [0, 0.05) is 19.8 Å². The largest absolute Gasteiger partial charge is 0.378 e. The quantitative estimate of drug-likeness (QED) is 0.598. The summed E-state index contributed by atoms with van der Waals surface area (Å²) in [5.41, 5.74) is 2.75. The molecule has 0 N–H and O–H groups in total. The van der Waals surface area contributed by atoms with Crippen molar-refractivity contribution in [3.63, 3.8) is 0 Å². The molecule has 1 heteroatoms. The number of hydrogen-bond donors (Lipinski definition) is 0. The molecule has 1 radical (unpaired) electrons. The van der Waals surface area contributed by atoms with E-state index in [0.29, 0.717) is 0 Å². The van der Waals surface area contributed by atoms with Crippen molar-refractivity contribution in [3.8, 4) is 0 Å². The van der Waals surface area contributed by atoms with Crippen molar-refractivity contribution in [2.45, 2.75) is 44.9 Å². The molecule has 1 aromatic carbocycles. The van der Waals surface area contributed by atoms with Gasteiger partial charge in [-0.2, -0.15) is 0 Å². The number of hydrogen-bond acceptors (Lipinski definition) is 1. The van der Waals surface area contributed by atoms with Crippen LogP contribution in [0.3, 0.4) is 0 Å². The molecule has 0 unspecified atom stereocenters. The fourth-order valence-electron chi connectivity index (χ4n) is 2.00. The van der Waals surface area contributed by atoms with Crippen molar-refractivity contribution in [2.24, 2.45) is 0 Å². The van der Waals surface area contributed by atoms with E-state index in [9.17, 15) is 0 Å². The third kappa shape index (κ3) is 5.76. The highest BCUT2D eigenvalue weighted by molar-refractivity contribution is 5.45. The maximum absolute atomic E-state index is 3.87. The van der Waals surface area contributed by atoms with Gasteiger partial charge in [0.25, 0.3) is 0 Å². The molecule has 0 aliphatic rings. The van der Waals surface area contributed by atoms with Gasteiger partial charge in [-0.25, -0.2) is 0 Å². The number of rotatable bonds is 8. The average Bonchev–Trinajstić information content (AvgIpc) is 2.34. The van der Waals surface area contributed by atoms with E-state index in [1.165, 1.54) is 49.8 Å². The van der Waals surface area contributed by atoms with Crippen molar-refractivity contribution in [1.29, 1.82) is 0 Å². The summed E-state index contributed by atoms with van der Waals surface area (Å²) in [6.07, 6.45) is 8.99. The lowest BCUT2D eigenvalue weighted by molar-refractivity contribution is 0.617. The minimum absolute atomic E-state index is 1.09. The summed E-state index contributed by atoms with van der Waals surface area (Å²) >= 11 is 0. The van der Waals surface area contributed by atoms with Crippen LogP contribution < -0.4 is 4.90 Å². The van der Waals surface area contributed by atoms with E-state index in [0.717, 1.165) is 6.42 Å². The molecule has 1 nitrogen and oxygen atoms in total. The van der Waals surface area contributed by atoms with Crippen molar-refractivity contribution in [2.75, 3.05) is 19.0 Å². The van der Waals surface area contributed by atoms with Crippen LogP contribution in [0, 0.1) is 6.92 Å². The second-order valence-corrected chi connectivity index (χ2v) is 4.93. The molecular weight excluding hydrogens is 206 g/mol. The Kier molecular flexibility index (Phi) is 6.76. The maximum Gasteiger partial charge on any atom is 0.0361 e. The van der Waals surface area contributed by atoms with E-state index >= 15 is 0 Å². The first kappa shape index (κ1) is 14.1. The zero-order valence-electron chi connectivity index (χ0n) is 11.4. The first-order chi connectivity index (χ1) is 8.24. The van der Waals surface area contributed by atoms with E-state index in [1.54, 1.807) is 0 Å². The maximum atomic E-state index is 3.87. The fraction of sp³-hybridized carbons (Fsp3) is 0.562. The second-order valence-electron chi connectivity index (χ2n) is 4.93. The molecule has 0 bridgehead atoms. The molecule has 0 aliphatic carbocycles. The monoisotopic (exact) mass is 232 g/mol. The Hall–Kier alpha value is -0.980. The zero-order valence-corrected chi connectivity index (χ0v) is 11.4. The number of nitrogens with zero attached hydrogens (tertiary/aromatic N) is 1. The summed E-state index contributed by atoms with van der Waals surface area (Å²) in [5.74, 6) is 0. The Bertz CT molecular complexity index is 287. The topological polar surface area (TPSA) is 3.24 Å². The molecule has 1 rings (SSSR count). The van der Waals surface area contributed by atoms with Crippen molar-refractivity contribution >= 4 is 5.69 Å². The van der Waals surface area contributed by atoms with Gasteiger partial charge < -0.3 is 4.90 Å². The highest BCUT2D eigenvalue weighted by Crippen LogP contribution is 2.14. The molecule has 17 heavy (non-hydrogen) atoms. The van der Waals surface area contributed by atoms with Gasteiger partial charge in [0.05, 0.1) is 0 Å². The van der Waals surface area contributed by atoms with Crippen LogP contribution >= 0.6 is 0 Å². The first-order valence-corrected chi connectivity index (χ1v) is 6.79. The standard InChI is InChI=1S/C16H26N/c1-4-5-6-7-8-9-10-15-11-13-16(14-12-15)17(2)3/h11-14H,1,4-10H2,2-3H3. The minimum Gasteiger partial charge on any atom is -0.378 e. The number of unbranched alkanes of at least 4 members (excludes halogenated alkanes) is 5. The van der Waals surface area contributed by atoms with Crippen LogP contribution in [0.1, 0.15) is 44.1 Å². The Labute approximate surface area is 107 Å². The Morgan fingerprint density at radius 1 is 0.882 bits per heavy atom. The molecule has 0 amide bonds. The first-order valence-electron chi connectivity index (χ1n) is 6.79. The Morgan fingerprint density at radius 3 is 2.06 bits per heavy atom. The zero-order chi connectivity index (χ0) is 12.5. The lowest BCUT2D eigenvalue weighted by Gasteiger charge is -2.12. The van der Waals surface area contributed by atoms with Gasteiger partial charge in [-0.05, 0) is 30.5 Å². The molecule has 0 fully saturated rings. The van der Waals surface area contributed by atoms with E-state index < -0.39 is 0 Å². The van der Waals surface area contributed by atoms with Gasteiger partial charge in [-0.3, -0.25) is 0 Å². The van der Waals surface area contributed by atoms with Gasteiger partial charge >= 0.3 is 0 Å². The SMILES string of the molecule is [CH2]CCCCCCCc1ccc(N(C)C)cc1. The minimum atomic E-state index is 1.09. The van der Waals surface area contributed by atoms with Crippen LogP contribution in [-0.2, 0) is 6.42 Å². The van der Waals surface area contributed by atoms with E-state index in [-0.39, 0.29) is 0 Å². The van der Waals surface area contributed by atoms with Gasteiger partial charge in [-0.15, -0.1) is 0 Å². The lowest BCUT2D eigenvalue weighted by atomic mass is 10.0. The van der Waals surface area contributed by atoms with E-state index in [1.807, 2.05) is 0 Å². The number of benzene rings is 1. The second kappa shape index (κ2) is 8.16. The molecule has 0 saturated heterocycles. The van der Waals surface area contributed by atoms with Crippen LogP contribution in [0.25, 0.3) is 0 Å². The molecule has 0 aliphatic heterocycles. The van der Waals surface area contributed by atoms with Crippen LogP contribution in [0.15, 0.2) is 24.3 Å². The highest BCUT2D eigenvalue weighted by Gasteiger charge is 1.96. The van der Waals surface area contributed by atoms with Crippen LogP contribution in [0.5, 0.6) is 0 Å². The number of aryl methyl sites for hydroxylation is 1. The van der Waals surface area contributed by atoms with Gasteiger partial charge in [0.2, 0.25) is 0 Å². The molecule has 0 heterocycles. The molecule has 0 aromatic heterocycles. The van der Waals surface area contributed by atoms with Crippen molar-refractivity contribution < 1.29 is 0 Å². The van der Waals surface area contributed by atoms with Crippen molar-refractivity contribution in [1.82, 2.24) is 0 Å². The summed E-state index contributed by atoms with van der Waals surface area (Å²) in [5, 5.41) is 0. The van der Waals surface area contributed by atoms with E-state index in [2.05, 4.69) is 50.2 Å². The van der Waals surface area contributed by atoms with Gasteiger partial charge in [-0.1, -0.05) is 51.2 Å². The molecule has 0 spiro atoms. The normalized spacial score (nSPS) is 10.5. The molecule has 95 valence electrons. The summed E-state index contributed by atoms with van der Waals surface area (Å²) in [6, 6.07) is 8.92. The summed E-state index contributed by atoms with van der Waals surface area (Å²) in [6.45, 7) is 3.87.